The lowest BCUT2D eigenvalue weighted by Gasteiger charge is -1.95. The van der Waals surface area contributed by atoms with E-state index in [1.807, 2.05) is 18.2 Å². The fourth-order valence-corrected chi connectivity index (χ4v) is 0.810. The topological polar surface area (TPSA) is 67.3 Å². The highest BCUT2D eigenvalue weighted by atomic mass is 35.5. The highest BCUT2D eigenvalue weighted by molar-refractivity contribution is 6.16. The number of ketones is 2. The number of pyridine rings is 1. The van der Waals surface area contributed by atoms with Gasteiger partial charge in [0, 0.05) is 18.5 Å². The number of carbonyl (C=O) groups is 2. The van der Waals surface area contributed by atoms with Crippen molar-refractivity contribution in [3.05, 3.63) is 54.6 Å². The van der Waals surface area contributed by atoms with Gasteiger partial charge in [0.1, 0.15) is 0 Å². The number of aliphatic hydroxyl groups excluding tert-OH is 1. The summed E-state index contributed by atoms with van der Waals surface area (Å²) in [5, 5.41) is 8.59. The van der Waals surface area contributed by atoms with Crippen LogP contribution in [-0.4, -0.2) is 21.7 Å². The molecule has 0 radical (unpaired) electrons. The largest absolute Gasteiger partial charge is 0.504 e. The Morgan fingerprint density at radius 3 is 1.94 bits per heavy atom. The summed E-state index contributed by atoms with van der Waals surface area (Å²) in [7, 11) is 0. The first kappa shape index (κ1) is 14.1. The number of nitrogens with zero attached hydrogens (tertiary/aromatic N) is 1. The Kier molecular flexibility index (Phi) is 6.47. The maximum absolute atomic E-state index is 10.4. The number of hydrogen-bond acceptors (Lipinski definition) is 4. The number of aliphatic hydroxyl groups is 1. The molecule has 4 nitrogen and oxygen atoms in total. The van der Waals surface area contributed by atoms with Crippen LogP contribution in [0, 0.1) is 0 Å². The summed E-state index contributed by atoms with van der Waals surface area (Å²) in [6, 6.07) is 5.72. The SMILES string of the molecule is Cl.O=C1C=CC(=O)C(O)=C1.c1ccncc1. The number of hydrogen-bond donors (Lipinski definition) is 1. The van der Waals surface area contributed by atoms with Crippen LogP contribution < -0.4 is 0 Å². The molecule has 0 saturated heterocycles. The van der Waals surface area contributed by atoms with Gasteiger partial charge in [-0.2, -0.15) is 0 Å². The summed E-state index contributed by atoms with van der Waals surface area (Å²) in [6.07, 6.45) is 6.54. The van der Waals surface area contributed by atoms with E-state index in [1.54, 1.807) is 12.4 Å². The van der Waals surface area contributed by atoms with Crippen molar-refractivity contribution in [3.63, 3.8) is 0 Å². The zero-order valence-electron chi connectivity index (χ0n) is 8.24. The predicted octanol–water partition coefficient (Wildman–Crippen LogP) is 1.64. The molecule has 0 atom stereocenters. The molecule has 0 unspecified atom stereocenters. The molecule has 1 aromatic rings. The molecule has 0 aromatic carbocycles. The van der Waals surface area contributed by atoms with Gasteiger partial charge >= 0.3 is 0 Å². The highest BCUT2D eigenvalue weighted by Gasteiger charge is 2.09. The second-order valence-electron chi connectivity index (χ2n) is 2.65. The van der Waals surface area contributed by atoms with Crippen LogP contribution in [0.5, 0.6) is 0 Å². The van der Waals surface area contributed by atoms with Crippen LogP contribution in [0.15, 0.2) is 54.6 Å². The van der Waals surface area contributed by atoms with E-state index in [1.165, 1.54) is 0 Å². The molecule has 16 heavy (non-hydrogen) atoms. The van der Waals surface area contributed by atoms with Crippen molar-refractivity contribution in [3.8, 4) is 0 Å². The van der Waals surface area contributed by atoms with Crippen LogP contribution in [0.3, 0.4) is 0 Å². The van der Waals surface area contributed by atoms with Crippen LogP contribution in [-0.2, 0) is 9.59 Å². The Bertz CT molecular complexity index is 386. The number of rotatable bonds is 0. The first-order valence-electron chi connectivity index (χ1n) is 4.22. The van der Waals surface area contributed by atoms with E-state index in [0.29, 0.717) is 0 Å². The minimum Gasteiger partial charge on any atom is -0.504 e. The Hall–Kier alpha value is -1.94. The normalized spacial score (nSPS) is 13.1. The molecule has 1 aliphatic carbocycles. The first-order valence-corrected chi connectivity index (χ1v) is 4.22. The minimum absolute atomic E-state index is 0. The third kappa shape index (κ3) is 5.07. The smallest absolute Gasteiger partial charge is 0.220 e. The molecule has 1 aliphatic rings. The molecule has 2 rings (SSSR count). The maximum Gasteiger partial charge on any atom is 0.220 e. The van der Waals surface area contributed by atoms with Gasteiger partial charge in [0.25, 0.3) is 0 Å². The molecule has 84 valence electrons. The highest BCUT2D eigenvalue weighted by Crippen LogP contribution is 1.99. The molecule has 0 saturated carbocycles. The van der Waals surface area contributed by atoms with E-state index in [2.05, 4.69) is 4.98 Å². The van der Waals surface area contributed by atoms with Crippen LogP contribution >= 0.6 is 12.4 Å². The lowest BCUT2D eigenvalue weighted by Crippen LogP contribution is -2.05. The monoisotopic (exact) mass is 239 g/mol. The third-order valence-corrected chi connectivity index (χ3v) is 1.50. The van der Waals surface area contributed by atoms with Crippen molar-refractivity contribution in [2.45, 2.75) is 0 Å². The average Bonchev–Trinajstić information content (AvgIpc) is 2.27. The summed E-state index contributed by atoms with van der Waals surface area (Å²) < 4.78 is 0. The van der Waals surface area contributed by atoms with Crippen LogP contribution in [0.4, 0.5) is 0 Å². The molecule has 0 bridgehead atoms. The lowest BCUT2D eigenvalue weighted by molar-refractivity contribution is -0.116. The molecular formula is C11H10ClNO3. The van der Waals surface area contributed by atoms with Crippen molar-refractivity contribution >= 4 is 24.0 Å². The maximum atomic E-state index is 10.4. The van der Waals surface area contributed by atoms with Gasteiger partial charge in [0.05, 0.1) is 0 Å². The summed E-state index contributed by atoms with van der Waals surface area (Å²) in [6.45, 7) is 0. The van der Waals surface area contributed by atoms with Crippen molar-refractivity contribution < 1.29 is 14.7 Å². The summed E-state index contributed by atoms with van der Waals surface area (Å²) in [5.41, 5.74) is 0. The Morgan fingerprint density at radius 1 is 1.00 bits per heavy atom. The van der Waals surface area contributed by atoms with Crippen molar-refractivity contribution in [2.24, 2.45) is 0 Å². The van der Waals surface area contributed by atoms with Crippen LogP contribution in [0.2, 0.25) is 0 Å². The standard InChI is InChI=1S/C6H4O3.C5H5N.ClH/c7-4-1-2-5(8)6(9)3-4;1-2-4-6-5-3-1;/h1-3,9H;1-5H;1H. The second-order valence-corrected chi connectivity index (χ2v) is 2.65. The van der Waals surface area contributed by atoms with Gasteiger partial charge in [-0.25, -0.2) is 0 Å². The molecule has 0 spiro atoms. The van der Waals surface area contributed by atoms with Gasteiger partial charge in [-0.1, -0.05) is 6.07 Å². The molecular weight excluding hydrogens is 230 g/mol. The molecule has 1 N–H and O–H groups in total. The van der Waals surface area contributed by atoms with Crippen LogP contribution in [0.25, 0.3) is 0 Å². The number of carbonyl (C=O) groups excluding carboxylic acids is 2. The van der Waals surface area contributed by atoms with Crippen molar-refractivity contribution in [1.29, 1.82) is 0 Å². The quantitative estimate of drug-likeness (QED) is 0.699. The van der Waals surface area contributed by atoms with E-state index in [-0.39, 0.29) is 18.2 Å². The van der Waals surface area contributed by atoms with Gasteiger partial charge in [-0.05, 0) is 24.3 Å². The van der Waals surface area contributed by atoms with E-state index >= 15 is 0 Å². The van der Waals surface area contributed by atoms with Crippen molar-refractivity contribution in [1.82, 2.24) is 4.98 Å². The molecule has 1 heterocycles. The molecule has 0 fully saturated rings. The minimum atomic E-state index is -0.519. The Balaban J connectivity index is 0.000000283. The molecule has 5 heteroatoms. The molecule has 0 amide bonds. The zero-order chi connectivity index (χ0) is 11.1. The van der Waals surface area contributed by atoms with E-state index in [9.17, 15) is 9.59 Å². The third-order valence-electron chi connectivity index (χ3n) is 1.50. The fraction of sp³-hybridized carbons (Fsp3) is 0. The molecule has 1 aromatic heterocycles. The van der Waals surface area contributed by atoms with Gasteiger partial charge < -0.3 is 5.11 Å². The number of halogens is 1. The lowest BCUT2D eigenvalue weighted by atomic mass is 10.1. The summed E-state index contributed by atoms with van der Waals surface area (Å²) in [4.78, 5) is 24.5. The molecule has 0 aliphatic heterocycles. The van der Waals surface area contributed by atoms with Crippen molar-refractivity contribution in [2.75, 3.05) is 0 Å². The Labute approximate surface area is 98.7 Å². The summed E-state index contributed by atoms with van der Waals surface area (Å²) in [5.74, 6) is -1.36. The second kappa shape index (κ2) is 7.36. The Morgan fingerprint density at radius 2 is 1.62 bits per heavy atom. The van der Waals surface area contributed by atoms with Gasteiger partial charge in [0.2, 0.25) is 5.78 Å². The number of allylic oxidation sites excluding steroid dienone is 3. The average molecular weight is 240 g/mol. The predicted molar refractivity (Wildman–Crippen MR) is 61.4 cm³/mol. The summed E-state index contributed by atoms with van der Waals surface area (Å²) >= 11 is 0. The van der Waals surface area contributed by atoms with E-state index in [0.717, 1.165) is 18.2 Å². The van der Waals surface area contributed by atoms with Gasteiger partial charge in [0.15, 0.2) is 11.5 Å². The fourth-order valence-electron chi connectivity index (χ4n) is 0.810. The van der Waals surface area contributed by atoms with Gasteiger partial charge in [-0.15, -0.1) is 12.4 Å². The van der Waals surface area contributed by atoms with E-state index in [4.69, 9.17) is 5.11 Å². The first-order chi connectivity index (χ1) is 7.20. The van der Waals surface area contributed by atoms with Crippen LogP contribution in [0.1, 0.15) is 0 Å². The zero-order valence-corrected chi connectivity index (χ0v) is 9.05. The number of aromatic nitrogens is 1. The van der Waals surface area contributed by atoms with Gasteiger partial charge in [-0.3, -0.25) is 14.6 Å². The van der Waals surface area contributed by atoms with E-state index < -0.39 is 11.5 Å².